The van der Waals surface area contributed by atoms with E-state index in [9.17, 15) is 4.79 Å². The SMILES string of the molecule is Cc1cc(=O)n2c(C)ncc(C)c2n1. The van der Waals surface area contributed by atoms with Gasteiger partial charge in [-0.2, -0.15) is 0 Å². The van der Waals surface area contributed by atoms with Gasteiger partial charge in [-0.25, -0.2) is 14.4 Å². The topological polar surface area (TPSA) is 47.3 Å². The normalized spacial score (nSPS) is 10.8. The van der Waals surface area contributed by atoms with E-state index in [1.165, 1.54) is 10.5 Å². The summed E-state index contributed by atoms with van der Waals surface area (Å²) in [6.07, 6.45) is 1.73. The Kier molecular flexibility index (Phi) is 1.84. The summed E-state index contributed by atoms with van der Waals surface area (Å²) in [5, 5.41) is 0. The van der Waals surface area contributed by atoms with Crippen LogP contribution >= 0.6 is 0 Å². The van der Waals surface area contributed by atoms with E-state index in [0.29, 0.717) is 11.5 Å². The predicted octanol–water partition coefficient (Wildman–Crippen LogP) is 1.01. The van der Waals surface area contributed by atoms with Gasteiger partial charge in [-0.3, -0.25) is 4.79 Å². The zero-order valence-corrected chi connectivity index (χ0v) is 8.40. The highest BCUT2D eigenvalue weighted by Crippen LogP contribution is 2.05. The third-order valence-corrected chi connectivity index (χ3v) is 2.17. The maximum absolute atomic E-state index is 11.7. The molecule has 0 saturated carbocycles. The van der Waals surface area contributed by atoms with E-state index < -0.39 is 0 Å². The van der Waals surface area contributed by atoms with Crippen molar-refractivity contribution in [2.75, 3.05) is 0 Å². The van der Waals surface area contributed by atoms with E-state index in [0.717, 1.165) is 11.3 Å². The molecule has 0 unspecified atom stereocenters. The summed E-state index contributed by atoms with van der Waals surface area (Å²) in [6, 6.07) is 1.52. The summed E-state index contributed by atoms with van der Waals surface area (Å²) in [5.74, 6) is 0.670. The zero-order chi connectivity index (χ0) is 10.3. The van der Waals surface area contributed by atoms with Gasteiger partial charge < -0.3 is 0 Å². The van der Waals surface area contributed by atoms with Crippen molar-refractivity contribution in [1.29, 1.82) is 0 Å². The van der Waals surface area contributed by atoms with Crippen LogP contribution in [0.3, 0.4) is 0 Å². The monoisotopic (exact) mass is 189 g/mol. The van der Waals surface area contributed by atoms with Gasteiger partial charge >= 0.3 is 0 Å². The predicted molar refractivity (Wildman–Crippen MR) is 53.5 cm³/mol. The van der Waals surface area contributed by atoms with Crippen LogP contribution in [0, 0.1) is 20.8 Å². The lowest BCUT2D eigenvalue weighted by Crippen LogP contribution is -2.18. The highest BCUT2D eigenvalue weighted by atomic mass is 16.1. The van der Waals surface area contributed by atoms with Crippen LogP contribution in [-0.4, -0.2) is 14.4 Å². The van der Waals surface area contributed by atoms with Crippen molar-refractivity contribution >= 4 is 5.65 Å². The van der Waals surface area contributed by atoms with Crippen molar-refractivity contribution in [2.24, 2.45) is 0 Å². The van der Waals surface area contributed by atoms with Gasteiger partial charge in [0.2, 0.25) is 0 Å². The van der Waals surface area contributed by atoms with Crippen LogP contribution in [0.1, 0.15) is 17.1 Å². The van der Waals surface area contributed by atoms with E-state index in [4.69, 9.17) is 0 Å². The van der Waals surface area contributed by atoms with Crippen molar-refractivity contribution in [3.63, 3.8) is 0 Å². The quantitative estimate of drug-likeness (QED) is 0.621. The second-order valence-electron chi connectivity index (χ2n) is 3.38. The molecule has 14 heavy (non-hydrogen) atoms. The molecule has 4 heteroatoms. The number of hydrogen-bond donors (Lipinski definition) is 0. The lowest BCUT2D eigenvalue weighted by molar-refractivity contribution is 0.902. The minimum atomic E-state index is -0.0683. The summed E-state index contributed by atoms with van der Waals surface area (Å²) >= 11 is 0. The number of nitrogens with zero attached hydrogens (tertiary/aromatic N) is 3. The fraction of sp³-hybridized carbons (Fsp3) is 0.300. The Morgan fingerprint density at radius 2 is 2.00 bits per heavy atom. The van der Waals surface area contributed by atoms with Crippen molar-refractivity contribution in [2.45, 2.75) is 20.8 Å². The Balaban J connectivity index is 3.08. The minimum absolute atomic E-state index is 0.0683. The maximum atomic E-state index is 11.7. The van der Waals surface area contributed by atoms with E-state index >= 15 is 0 Å². The molecule has 0 bridgehead atoms. The molecule has 72 valence electrons. The molecule has 0 aliphatic carbocycles. The van der Waals surface area contributed by atoms with Gasteiger partial charge in [0, 0.05) is 23.5 Å². The van der Waals surface area contributed by atoms with Crippen LogP contribution in [0.2, 0.25) is 0 Å². The number of aryl methyl sites for hydroxylation is 3. The van der Waals surface area contributed by atoms with E-state index in [1.807, 2.05) is 13.8 Å². The third-order valence-electron chi connectivity index (χ3n) is 2.17. The van der Waals surface area contributed by atoms with Crippen molar-refractivity contribution in [3.8, 4) is 0 Å². The first kappa shape index (κ1) is 8.87. The van der Waals surface area contributed by atoms with E-state index in [1.54, 1.807) is 13.1 Å². The van der Waals surface area contributed by atoms with Crippen LogP contribution in [0.4, 0.5) is 0 Å². The Bertz CT molecular complexity index is 557. The van der Waals surface area contributed by atoms with Gasteiger partial charge in [-0.15, -0.1) is 0 Å². The van der Waals surface area contributed by atoms with Gasteiger partial charge in [0.15, 0.2) is 0 Å². The van der Waals surface area contributed by atoms with Crippen molar-refractivity contribution in [1.82, 2.24) is 14.4 Å². The molecule has 0 amide bonds. The Morgan fingerprint density at radius 1 is 1.29 bits per heavy atom. The molecule has 0 aromatic carbocycles. The average molecular weight is 189 g/mol. The lowest BCUT2D eigenvalue weighted by atomic mass is 10.3. The van der Waals surface area contributed by atoms with E-state index in [2.05, 4.69) is 9.97 Å². The molecular formula is C10H11N3O. The molecule has 0 atom stereocenters. The van der Waals surface area contributed by atoms with Crippen LogP contribution < -0.4 is 5.56 Å². The van der Waals surface area contributed by atoms with Crippen LogP contribution in [0.25, 0.3) is 5.65 Å². The molecule has 0 radical (unpaired) electrons. The number of rotatable bonds is 0. The first-order valence-electron chi connectivity index (χ1n) is 4.42. The fourth-order valence-corrected chi connectivity index (χ4v) is 1.48. The van der Waals surface area contributed by atoms with Gasteiger partial charge in [0.1, 0.15) is 11.5 Å². The minimum Gasteiger partial charge on any atom is -0.269 e. The van der Waals surface area contributed by atoms with Crippen LogP contribution in [0.5, 0.6) is 0 Å². The fourth-order valence-electron chi connectivity index (χ4n) is 1.48. The molecule has 0 fully saturated rings. The Morgan fingerprint density at radius 3 is 2.71 bits per heavy atom. The molecule has 2 heterocycles. The molecule has 0 saturated heterocycles. The molecule has 0 N–H and O–H groups in total. The third kappa shape index (κ3) is 1.19. The lowest BCUT2D eigenvalue weighted by Gasteiger charge is -2.05. The molecule has 0 aliphatic rings. The summed E-state index contributed by atoms with van der Waals surface area (Å²) < 4.78 is 1.53. The molecule has 4 nitrogen and oxygen atoms in total. The van der Waals surface area contributed by atoms with Crippen molar-refractivity contribution < 1.29 is 0 Å². The molecule has 2 rings (SSSR count). The molecule has 2 aromatic rings. The van der Waals surface area contributed by atoms with Gasteiger partial charge in [-0.1, -0.05) is 0 Å². The second kappa shape index (κ2) is 2.90. The number of hydrogen-bond acceptors (Lipinski definition) is 3. The van der Waals surface area contributed by atoms with Gasteiger partial charge in [0.05, 0.1) is 0 Å². The first-order valence-corrected chi connectivity index (χ1v) is 4.42. The molecule has 2 aromatic heterocycles. The average Bonchev–Trinajstić information content (AvgIpc) is 2.10. The largest absolute Gasteiger partial charge is 0.269 e. The summed E-state index contributed by atoms with van der Waals surface area (Å²) in [5.41, 5.74) is 2.28. The Hall–Kier alpha value is -1.71. The first-order chi connectivity index (χ1) is 6.59. The van der Waals surface area contributed by atoms with Crippen molar-refractivity contribution in [3.05, 3.63) is 39.7 Å². The molecule has 0 aliphatic heterocycles. The summed E-state index contributed by atoms with van der Waals surface area (Å²) in [4.78, 5) is 20.1. The van der Waals surface area contributed by atoms with Gasteiger partial charge in [-0.05, 0) is 20.8 Å². The van der Waals surface area contributed by atoms with Crippen LogP contribution in [-0.2, 0) is 0 Å². The number of aromatic nitrogens is 3. The molecular weight excluding hydrogens is 178 g/mol. The maximum Gasteiger partial charge on any atom is 0.259 e. The zero-order valence-electron chi connectivity index (χ0n) is 8.40. The summed E-state index contributed by atoms with van der Waals surface area (Å²) in [6.45, 7) is 5.51. The molecule has 0 spiro atoms. The highest BCUT2D eigenvalue weighted by Gasteiger charge is 2.04. The number of fused-ring (bicyclic) bond motifs is 1. The highest BCUT2D eigenvalue weighted by molar-refractivity contribution is 5.46. The standard InChI is InChI=1S/C10H11N3O/c1-6-5-11-8(3)13-9(14)4-7(2)12-10(6)13/h4-5H,1-3H3. The smallest absolute Gasteiger partial charge is 0.259 e. The van der Waals surface area contributed by atoms with E-state index in [-0.39, 0.29) is 5.56 Å². The van der Waals surface area contributed by atoms with Gasteiger partial charge in [0.25, 0.3) is 5.56 Å². The summed E-state index contributed by atoms with van der Waals surface area (Å²) in [7, 11) is 0. The Labute approximate surface area is 81.3 Å². The second-order valence-corrected chi connectivity index (χ2v) is 3.38. The van der Waals surface area contributed by atoms with Crippen LogP contribution in [0.15, 0.2) is 17.1 Å².